The van der Waals surface area contributed by atoms with Gasteiger partial charge < -0.3 is 4.74 Å². The van der Waals surface area contributed by atoms with E-state index < -0.39 is 11.7 Å². The van der Waals surface area contributed by atoms with Gasteiger partial charge in [-0.3, -0.25) is 10.1 Å². The Kier molecular flexibility index (Phi) is 4.94. The summed E-state index contributed by atoms with van der Waals surface area (Å²) in [6.45, 7) is 0. The van der Waals surface area contributed by atoms with Crippen molar-refractivity contribution in [2.24, 2.45) is 0 Å². The molecule has 0 saturated heterocycles. The van der Waals surface area contributed by atoms with Crippen LogP contribution in [0.1, 0.15) is 16.8 Å². The predicted octanol–water partition coefficient (Wildman–Crippen LogP) is 4.56. The number of nitrogens with zero attached hydrogens (tertiary/aromatic N) is 3. The zero-order valence-electron chi connectivity index (χ0n) is 14.1. The number of nitrogens with one attached hydrogen (secondary N) is 1. The average molecular weight is 370 g/mol. The first-order chi connectivity index (χ1) is 12.9. The zero-order chi connectivity index (χ0) is 19.4. The lowest BCUT2D eigenvalue weighted by atomic mass is 10.0. The molecule has 0 aliphatic heterocycles. The fourth-order valence-electron chi connectivity index (χ4n) is 2.43. The molecule has 0 radical (unpaired) electrons. The largest absolute Gasteiger partial charge is 0.497 e. The number of hydrogen-bond donors (Lipinski definition) is 1. The highest BCUT2D eigenvalue weighted by molar-refractivity contribution is 5.91. The molecule has 0 fully saturated rings. The standard InChI is InChI=1S/C19H13F3N4O/c1-27-16-5-2-12(3-6-16)18-14(10-25-26-18)8-13(9-23)17-7-4-15(11-24-17)19(20,21)22/h2-8,10-11H,1H3,(H,25,26)/b13-8-. The van der Waals surface area contributed by atoms with E-state index in [1.165, 1.54) is 18.3 Å². The van der Waals surface area contributed by atoms with Crippen molar-refractivity contribution in [3.63, 3.8) is 0 Å². The molecular weight excluding hydrogens is 357 g/mol. The van der Waals surface area contributed by atoms with Crippen molar-refractivity contribution in [3.8, 4) is 23.1 Å². The lowest BCUT2D eigenvalue weighted by molar-refractivity contribution is -0.137. The summed E-state index contributed by atoms with van der Waals surface area (Å²) in [6, 6.07) is 11.3. The van der Waals surface area contributed by atoms with E-state index in [-0.39, 0.29) is 11.3 Å². The number of pyridine rings is 1. The maximum absolute atomic E-state index is 12.7. The second kappa shape index (κ2) is 7.33. The molecule has 0 aliphatic rings. The van der Waals surface area contributed by atoms with Crippen LogP contribution in [-0.4, -0.2) is 22.3 Å². The zero-order valence-corrected chi connectivity index (χ0v) is 14.1. The van der Waals surface area contributed by atoms with E-state index in [1.807, 2.05) is 18.2 Å². The summed E-state index contributed by atoms with van der Waals surface area (Å²) in [5, 5.41) is 16.3. The molecule has 0 unspecified atom stereocenters. The number of nitriles is 1. The normalized spacial score (nSPS) is 11.9. The van der Waals surface area contributed by atoms with Gasteiger partial charge in [0.1, 0.15) is 11.8 Å². The summed E-state index contributed by atoms with van der Waals surface area (Å²) in [4.78, 5) is 3.76. The lowest BCUT2D eigenvalue weighted by Gasteiger charge is -2.06. The topological polar surface area (TPSA) is 74.6 Å². The van der Waals surface area contributed by atoms with E-state index in [1.54, 1.807) is 19.2 Å². The van der Waals surface area contributed by atoms with Gasteiger partial charge in [0, 0.05) is 17.3 Å². The molecule has 2 heterocycles. The molecule has 0 bridgehead atoms. The summed E-state index contributed by atoms with van der Waals surface area (Å²) in [5.74, 6) is 0.696. The maximum atomic E-state index is 12.7. The molecule has 1 N–H and O–H groups in total. The van der Waals surface area contributed by atoms with Crippen molar-refractivity contribution in [2.75, 3.05) is 7.11 Å². The Hall–Kier alpha value is -3.60. The number of benzene rings is 1. The van der Waals surface area contributed by atoms with Gasteiger partial charge in [0.2, 0.25) is 0 Å². The molecule has 0 aliphatic carbocycles. The van der Waals surface area contributed by atoms with Gasteiger partial charge in [0.25, 0.3) is 0 Å². The maximum Gasteiger partial charge on any atom is 0.417 e. The van der Waals surface area contributed by atoms with Crippen LogP contribution in [0.15, 0.2) is 48.8 Å². The minimum Gasteiger partial charge on any atom is -0.497 e. The molecule has 3 rings (SSSR count). The molecule has 1 aromatic carbocycles. The van der Waals surface area contributed by atoms with Crippen LogP contribution < -0.4 is 4.74 Å². The van der Waals surface area contributed by atoms with E-state index in [9.17, 15) is 18.4 Å². The summed E-state index contributed by atoms with van der Waals surface area (Å²) in [6.07, 6.45) is -0.714. The van der Waals surface area contributed by atoms with E-state index in [0.717, 1.165) is 11.6 Å². The Morgan fingerprint density at radius 2 is 1.89 bits per heavy atom. The SMILES string of the molecule is COc1ccc(-c2[nH]ncc2/C=C(/C#N)c2ccc(C(F)(F)F)cn2)cc1. The smallest absolute Gasteiger partial charge is 0.417 e. The van der Waals surface area contributed by atoms with E-state index in [2.05, 4.69) is 15.2 Å². The third-order valence-corrected chi connectivity index (χ3v) is 3.83. The summed E-state index contributed by atoms with van der Waals surface area (Å²) in [5.41, 5.74) is 1.49. The molecule has 0 amide bonds. The van der Waals surface area contributed by atoms with Crippen LogP contribution in [0.5, 0.6) is 5.75 Å². The van der Waals surface area contributed by atoms with Crippen LogP contribution in [0, 0.1) is 11.3 Å². The number of hydrogen-bond acceptors (Lipinski definition) is 4. The predicted molar refractivity (Wildman–Crippen MR) is 93.3 cm³/mol. The van der Waals surface area contributed by atoms with Crippen molar-refractivity contribution < 1.29 is 17.9 Å². The molecule has 5 nitrogen and oxygen atoms in total. The Labute approximate surface area is 152 Å². The van der Waals surface area contributed by atoms with E-state index >= 15 is 0 Å². The van der Waals surface area contributed by atoms with Crippen molar-refractivity contribution in [3.05, 3.63) is 65.6 Å². The number of aromatic nitrogens is 3. The van der Waals surface area contributed by atoms with Gasteiger partial charge in [0.15, 0.2) is 0 Å². The lowest BCUT2D eigenvalue weighted by Crippen LogP contribution is -2.05. The molecular formula is C19H13F3N4O. The highest BCUT2D eigenvalue weighted by Crippen LogP contribution is 2.30. The Balaban J connectivity index is 1.95. The summed E-state index contributed by atoms with van der Waals surface area (Å²) in [7, 11) is 1.57. The van der Waals surface area contributed by atoms with Crippen LogP contribution in [0.2, 0.25) is 0 Å². The van der Waals surface area contributed by atoms with Crippen molar-refractivity contribution in [1.29, 1.82) is 5.26 Å². The quantitative estimate of drug-likeness (QED) is 0.683. The Bertz CT molecular complexity index is 997. The number of alkyl halides is 3. The minimum atomic E-state index is -4.48. The van der Waals surface area contributed by atoms with Crippen molar-refractivity contribution in [2.45, 2.75) is 6.18 Å². The molecule has 8 heteroatoms. The van der Waals surface area contributed by atoms with Gasteiger partial charge in [-0.15, -0.1) is 0 Å². The summed E-state index contributed by atoms with van der Waals surface area (Å²) < 4.78 is 43.1. The van der Waals surface area contributed by atoms with Crippen LogP contribution in [0.3, 0.4) is 0 Å². The first kappa shape index (κ1) is 18.2. The van der Waals surface area contributed by atoms with Gasteiger partial charge in [0.05, 0.1) is 35.8 Å². The fourth-order valence-corrected chi connectivity index (χ4v) is 2.43. The number of rotatable bonds is 4. The molecule has 136 valence electrons. The van der Waals surface area contributed by atoms with Gasteiger partial charge in [-0.05, 0) is 42.5 Å². The third kappa shape index (κ3) is 3.98. The van der Waals surface area contributed by atoms with Gasteiger partial charge in [-0.25, -0.2) is 0 Å². The van der Waals surface area contributed by atoms with Crippen molar-refractivity contribution >= 4 is 11.6 Å². The first-order valence-electron chi connectivity index (χ1n) is 7.75. The van der Waals surface area contributed by atoms with E-state index in [4.69, 9.17) is 4.74 Å². The molecule has 2 aromatic heterocycles. The number of allylic oxidation sites excluding steroid dienone is 1. The average Bonchev–Trinajstić information content (AvgIpc) is 3.14. The van der Waals surface area contributed by atoms with Gasteiger partial charge in [-0.2, -0.15) is 23.5 Å². The third-order valence-electron chi connectivity index (χ3n) is 3.83. The minimum absolute atomic E-state index is 0.125. The first-order valence-corrected chi connectivity index (χ1v) is 7.75. The van der Waals surface area contributed by atoms with Crippen LogP contribution >= 0.6 is 0 Å². The van der Waals surface area contributed by atoms with Crippen LogP contribution in [-0.2, 0) is 6.18 Å². The molecule has 0 atom stereocenters. The fraction of sp³-hybridized carbons (Fsp3) is 0.105. The van der Waals surface area contributed by atoms with E-state index in [0.29, 0.717) is 23.2 Å². The summed E-state index contributed by atoms with van der Waals surface area (Å²) >= 11 is 0. The number of halogens is 3. The molecule has 3 aromatic rings. The molecule has 0 spiro atoms. The highest BCUT2D eigenvalue weighted by atomic mass is 19.4. The highest BCUT2D eigenvalue weighted by Gasteiger charge is 2.30. The number of H-pyrrole nitrogens is 1. The molecule has 0 saturated carbocycles. The van der Waals surface area contributed by atoms with Crippen molar-refractivity contribution in [1.82, 2.24) is 15.2 Å². The van der Waals surface area contributed by atoms with Crippen LogP contribution in [0.25, 0.3) is 22.9 Å². The Morgan fingerprint density at radius 3 is 2.44 bits per heavy atom. The van der Waals surface area contributed by atoms with Gasteiger partial charge in [-0.1, -0.05) is 0 Å². The second-order valence-electron chi connectivity index (χ2n) is 5.53. The number of ether oxygens (including phenoxy) is 1. The number of methoxy groups -OCH3 is 1. The van der Waals surface area contributed by atoms with Crippen LogP contribution in [0.4, 0.5) is 13.2 Å². The second-order valence-corrected chi connectivity index (χ2v) is 5.53. The number of aromatic amines is 1. The Morgan fingerprint density at radius 1 is 1.15 bits per heavy atom. The molecule has 27 heavy (non-hydrogen) atoms. The van der Waals surface area contributed by atoms with Gasteiger partial charge >= 0.3 is 6.18 Å². The monoisotopic (exact) mass is 370 g/mol.